The van der Waals surface area contributed by atoms with E-state index in [0.29, 0.717) is 8.81 Å². The number of nitrogens with one attached hydrogen (secondary N) is 1. The molecule has 2 rings (SSSR count). The molecule has 102 valence electrons. The van der Waals surface area contributed by atoms with Crippen LogP contribution in [0, 0.1) is 0 Å². The van der Waals surface area contributed by atoms with Crippen LogP contribution in [0.3, 0.4) is 0 Å². The van der Waals surface area contributed by atoms with E-state index in [0.717, 1.165) is 4.88 Å². The van der Waals surface area contributed by atoms with Crippen molar-refractivity contribution in [2.75, 3.05) is 5.73 Å². The van der Waals surface area contributed by atoms with Crippen molar-refractivity contribution in [2.24, 2.45) is 0 Å². The normalized spacial score (nSPS) is 11.7. The lowest BCUT2D eigenvalue weighted by Crippen LogP contribution is -2.24. The first-order valence-electron chi connectivity index (χ1n) is 5.03. The van der Waals surface area contributed by atoms with E-state index in [9.17, 15) is 8.42 Å². The van der Waals surface area contributed by atoms with Gasteiger partial charge in [-0.25, -0.2) is 18.1 Å². The molecule has 2 heterocycles. The first kappa shape index (κ1) is 14.7. The fourth-order valence-corrected chi connectivity index (χ4v) is 4.05. The average molecular weight is 383 g/mol. The Balaban J connectivity index is 2.20. The topological polar surface area (TPSA) is 85.1 Å². The average Bonchev–Trinajstić information content (AvgIpc) is 2.76. The van der Waals surface area contributed by atoms with Crippen molar-refractivity contribution in [1.82, 2.24) is 9.71 Å². The van der Waals surface area contributed by atoms with Crippen LogP contribution in [0.15, 0.2) is 33.8 Å². The van der Waals surface area contributed by atoms with Gasteiger partial charge in [-0.2, -0.15) is 0 Å². The Labute approximate surface area is 128 Å². The van der Waals surface area contributed by atoms with Gasteiger partial charge in [0.05, 0.1) is 4.34 Å². The van der Waals surface area contributed by atoms with E-state index in [1.807, 2.05) is 0 Å². The van der Waals surface area contributed by atoms with Crippen LogP contribution in [0.25, 0.3) is 0 Å². The summed E-state index contributed by atoms with van der Waals surface area (Å²) in [5.41, 5.74) is 5.58. The maximum Gasteiger partial charge on any atom is 0.244 e. The van der Waals surface area contributed by atoms with Gasteiger partial charge < -0.3 is 5.73 Å². The van der Waals surface area contributed by atoms with Gasteiger partial charge in [-0.1, -0.05) is 11.6 Å². The molecule has 0 aliphatic heterocycles. The summed E-state index contributed by atoms with van der Waals surface area (Å²) >= 11 is 10.3. The van der Waals surface area contributed by atoms with Gasteiger partial charge in [0.2, 0.25) is 10.0 Å². The van der Waals surface area contributed by atoms with E-state index in [-0.39, 0.29) is 17.3 Å². The zero-order valence-electron chi connectivity index (χ0n) is 9.43. The van der Waals surface area contributed by atoms with Gasteiger partial charge in [-0.3, -0.25) is 0 Å². The Morgan fingerprint density at radius 1 is 1.47 bits per heavy atom. The second kappa shape index (κ2) is 5.76. The lowest BCUT2D eigenvalue weighted by molar-refractivity contribution is 0.582. The minimum absolute atomic E-state index is 0.0417. The third-order valence-corrected chi connectivity index (χ3v) is 5.30. The van der Waals surface area contributed by atoms with Crippen LogP contribution in [-0.2, 0) is 16.6 Å². The molecule has 0 aliphatic carbocycles. The van der Waals surface area contributed by atoms with Crippen LogP contribution in [0.2, 0.25) is 4.34 Å². The molecule has 2 aromatic heterocycles. The summed E-state index contributed by atoms with van der Waals surface area (Å²) in [6.45, 7) is 0.158. The molecular weight excluding hydrogens is 374 g/mol. The molecule has 0 radical (unpaired) electrons. The molecule has 2 aromatic rings. The molecule has 9 heteroatoms. The zero-order valence-corrected chi connectivity index (χ0v) is 13.4. The molecule has 5 nitrogen and oxygen atoms in total. The molecule has 0 fully saturated rings. The molecule has 0 unspecified atom stereocenters. The van der Waals surface area contributed by atoms with Crippen LogP contribution in [0.4, 0.5) is 5.82 Å². The van der Waals surface area contributed by atoms with E-state index in [1.54, 1.807) is 12.1 Å². The molecule has 0 saturated carbocycles. The van der Waals surface area contributed by atoms with Crippen LogP contribution in [0.5, 0.6) is 0 Å². The predicted octanol–water partition coefficient (Wildman–Crippen LogP) is 2.62. The zero-order chi connectivity index (χ0) is 14.0. The maximum absolute atomic E-state index is 12.1. The van der Waals surface area contributed by atoms with Crippen LogP contribution in [-0.4, -0.2) is 13.4 Å². The SMILES string of the molecule is Nc1ncc(Br)cc1S(=O)(=O)NCc1ccc(Cl)s1. The van der Waals surface area contributed by atoms with Gasteiger partial charge in [0.15, 0.2) is 0 Å². The molecule has 0 amide bonds. The van der Waals surface area contributed by atoms with Gasteiger partial charge in [0, 0.05) is 22.1 Å². The molecule has 0 aromatic carbocycles. The summed E-state index contributed by atoms with van der Waals surface area (Å²) in [6, 6.07) is 4.88. The van der Waals surface area contributed by atoms with E-state index in [1.165, 1.54) is 23.6 Å². The number of nitrogens with two attached hydrogens (primary N) is 1. The fraction of sp³-hybridized carbons (Fsp3) is 0.100. The molecule has 0 atom stereocenters. The van der Waals surface area contributed by atoms with Crippen LogP contribution in [0.1, 0.15) is 4.88 Å². The van der Waals surface area contributed by atoms with Gasteiger partial charge in [0.25, 0.3) is 0 Å². The van der Waals surface area contributed by atoms with Crippen molar-refractivity contribution in [3.05, 3.63) is 38.1 Å². The number of nitrogens with zero attached hydrogens (tertiary/aromatic N) is 1. The predicted molar refractivity (Wildman–Crippen MR) is 79.7 cm³/mol. The highest BCUT2D eigenvalue weighted by Gasteiger charge is 2.18. The Morgan fingerprint density at radius 2 is 2.21 bits per heavy atom. The highest BCUT2D eigenvalue weighted by molar-refractivity contribution is 9.10. The second-order valence-corrected chi connectivity index (χ2v) is 8.02. The number of nitrogen functional groups attached to an aromatic ring is 1. The van der Waals surface area contributed by atoms with Crippen LogP contribution < -0.4 is 10.5 Å². The van der Waals surface area contributed by atoms with E-state index in [2.05, 4.69) is 25.6 Å². The summed E-state index contributed by atoms with van der Waals surface area (Å²) in [7, 11) is -3.71. The standard InChI is InChI=1S/C10H9BrClN3O2S2/c11-6-3-8(10(13)14-4-6)19(16,17)15-5-7-1-2-9(12)18-7/h1-4,15H,5H2,(H2,13,14). The lowest BCUT2D eigenvalue weighted by atomic mass is 10.5. The quantitative estimate of drug-likeness (QED) is 0.851. The summed E-state index contributed by atoms with van der Waals surface area (Å²) in [5, 5.41) is 0. The van der Waals surface area contributed by atoms with Crippen molar-refractivity contribution in [3.8, 4) is 0 Å². The fourth-order valence-electron chi connectivity index (χ4n) is 1.34. The number of hydrogen-bond donors (Lipinski definition) is 2. The van der Waals surface area contributed by atoms with Crippen molar-refractivity contribution >= 4 is 54.7 Å². The van der Waals surface area contributed by atoms with E-state index in [4.69, 9.17) is 17.3 Å². The third kappa shape index (κ3) is 3.67. The molecule has 0 aliphatic rings. The minimum atomic E-state index is -3.71. The lowest BCUT2D eigenvalue weighted by Gasteiger charge is -2.08. The first-order valence-corrected chi connectivity index (χ1v) is 8.50. The molecule has 0 saturated heterocycles. The molecule has 19 heavy (non-hydrogen) atoms. The number of rotatable bonds is 4. The number of halogens is 2. The van der Waals surface area contributed by atoms with Crippen molar-refractivity contribution < 1.29 is 8.42 Å². The highest BCUT2D eigenvalue weighted by Crippen LogP contribution is 2.23. The number of thiophene rings is 1. The highest BCUT2D eigenvalue weighted by atomic mass is 79.9. The minimum Gasteiger partial charge on any atom is -0.383 e. The number of hydrogen-bond acceptors (Lipinski definition) is 5. The smallest absolute Gasteiger partial charge is 0.244 e. The third-order valence-electron chi connectivity index (χ3n) is 2.20. The molecule has 0 spiro atoms. The number of pyridine rings is 1. The Hall–Kier alpha value is -0.670. The van der Waals surface area contributed by atoms with Gasteiger partial charge in [-0.05, 0) is 34.1 Å². The second-order valence-electron chi connectivity index (χ2n) is 3.57. The van der Waals surface area contributed by atoms with Gasteiger partial charge in [0.1, 0.15) is 10.7 Å². The number of aromatic nitrogens is 1. The molecule has 0 bridgehead atoms. The Kier molecular flexibility index (Phi) is 4.46. The Morgan fingerprint density at radius 3 is 2.84 bits per heavy atom. The summed E-state index contributed by atoms with van der Waals surface area (Å²) in [6.07, 6.45) is 1.44. The van der Waals surface area contributed by atoms with Crippen molar-refractivity contribution in [1.29, 1.82) is 0 Å². The van der Waals surface area contributed by atoms with Gasteiger partial charge >= 0.3 is 0 Å². The van der Waals surface area contributed by atoms with E-state index < -0.39 is 10.0 Å². The largest absolute Gasteiger partial charge is 0.383 e. The Bertz CT molecular complexity index is 703. The van der Waals surface area contributed by atoms with Gasteiger partial charge in [-0.15, -0.1) is 11.3 Å². The maximum atomic E-state index is 12.1. The van der Waals surface area contributed by atoms with Crippen LogP contribution >= 0.6 is 38.9 Å². The van der Waals surface area contributed by atoms with Crippen molar-refractivity contribution in [2.45, 2.75) is 11.4 Å². The van der Waals surface area contributed by atoms with E-state index >= 15 is 0 Å². The monoisotopic (exact) mass is 381 g/mol. The number of sulfonamides is 1. The number of anilines is 1. The summed E-state index contributed by atoms with van der Waals surface area (Å²) < 4.78 is 27.8. The first-order chi connectivity index (χ1) is 8.88. The molecule has 3 N–H and O–H groups in total. The molecular formula is C10H9BrClN3O2S2. The summed E-state index contributed by atoms with van der Waals surface area (Å²) in [5.74, 6) is -0.0417. The summed E-state index contributed by atoms with van der Waals surface area (Å²) in [4.78, 5) is 4.56. The van der Waals surface area contributed by atoms with Crippen molar-refractivity contribution in [3.63, 3.8) is 0 Å².